The molecule has 2 heterocycles. The van der Waals surface area contributed by atoms with Gasteiger partial charge in [0.15, 0.2) is 0 Å². The molecule has 1 fully saturated rings. The highest BCUT2D eigenvalue weighted by molar-refractivity contribution is 5.78. The van der Waals surface area contributed by atoms with E-state index in [2.05, 4.69) is 5.32 Å². The molecule has 2 unspecified atom stereocenters. The van der Waals surface area contributed by atoms with Crippen LogP contribution < -0.4 is 5.32 Å². The van der Waals surface area contributed by atoms with Crippen LogP contribution >= 0.6 is 0 Å². The Morgan fingerprint density at radius 2 is 2.33 bits per heavy atom. The number of likely N-dealkylation sites (tertiary alicyclic amines) is 1. The minimum absolute atomic E-state index is 0.0679. The highest BCUT2D eigenvalue weighted by atomic mass is 16.4. The number of nitrogens with one attached hydrogen (secondary N) is 1. The third-order valence-corrected chi connectivity index (χ3v) is 3.96. The van der Waals surface area contributed by atoms with Crippen molar-refractivity contribution in [1.29, 1.82) is 0 Å². The minimum atomic E-state index is -0.847. The number of rotatable bonds is 4. The van der Waals surface area contributed by atoms with Crippen molar-refractivity contribution < 1.29 is 19.1 Å². The van der Waals surface area contributed by atoms with Gasteiger partial charge in [0.05, 0.1) is 11.7 Å². The topological polar surface area (TPSA) is 82.8 Å². The van der Waals surface area contributed by atoms with Gasteiger partial charge in [-0.05, 0) is 38.8 Å². The molecule has 0 radical (unpaired) electrons. The monoisotopic (exact) mass is 294 g/mol. The Morgan fingerprint density at radius 1 is 1.57 bits per heavy atom. The number of carboxylic acid groups (broad SMARTS) is 1. The molecule has 1 aromatic heterocycles. The van der Waals surface area contributed by atoms with Crippen LogP contribution in [0.3, 0.4) is 0 Å². The number of hydrogen-bond donors (Lipinski definition) is 2. The molecule has 0 bridgehead atoms. The van der Waals surface area contributed by atoms with Gasteiger partial charge in [0.1, 0.15) is 5.76 Å². The molecule has 0 spiro atoms. The van der Waals surface area contributed by atoms with Crippen molar-refractivity contribution in [3.05, 3.63) is 24.2 Å². The van der Waals surface area contributed by atoms with Crippen LogP contribution in [0.4, 0.5) is 4.79 Å². The molecule has 6 nitrogen and oxygen atoms in total. The van der Waals surface area contributed by atoms with Crippen LogP contribution in [0.15, 0.2) is 22.8 Å². The van der Waals surface area contributed by atoms with Gasteiger partial charge in [-0.1, -0.05) is 0 Å². The fraction of sp³-hybridized carbons (Fsp3) is 0.600. The molecule has 2 amide bonds. The summed E-state index contributed by atoms with van der Waals surface area (Å²) in [5, 5.41) is 12.2. The Morgan fingerprint density at radius 3 is 2.95 bits per heavy atom. The van der Waals surface area contributed by atoms with Crippen LogP contribution in [0.5, 0.6) is 0 Å². The third kappa shape index (κ3) is 3.77. The Hall–Kier alpha value is -1.98. The lowest BCUT2D eigenvalue weighted by atomic mass is 9.82. The zero-order valence-corrected chi connectivity index (χ0v) is 12.5. The van der Waals surface area contributed by atoms with Crippen molar-refractivity contribution >= 4 is 12.0 Å². The summed E-state index contributed by atoms with van der Waals surface area (Å²) in [6.07, 6.45) is 3.53. The van der Waals surface area contributed by atoms with Gasteiger partial charge in [-0.2, -0.15) is 0 Å². The average Bonchev–Trinajstić information content (AvgIpc) is 2.91. The van der Waals surface area contributed by atoms with Gasteiger partial charge in [0.2, 0.25) is 0 Å². The van der Waals surface area contributed by atoms with Crippen molar-refractivity contribution in [3.8, 4) is 0 Å². The molecule has 1 saturated heterocycles. The van der Waals surface area contributed by atoms with Gasteiger partial charge in [0, 0.05) is 25.6 Å². The zero-order valence-electron chi connectivity index (χ0n) is 12.5. The van der Waals surface area contributed by atoms with Crippen LogP contribution in [-0.4, -0.2) is 41.1 Å². The molecular formula is C15H22N2O4. The normalized spacial score (nSPS) is 23.6. The minimum Gasteiger partial charge on any atom is -0.481 e. The van der Waals surface area contributed by atoms with Gasteiger partial charge in [-0.25, -0.2) is 4.79 Å². The highest BCUT2D eigenvalue weighted by Gasteiger charge is 2.39. The number of carbonyl (C=O) groups is 2. The molecular weight excluding hydrogens is 272 g/mol. The molecule has 116 valence electrons. The maximum Gasteiger partial charge on any atom is 0.317 e. The van der Waals surface area contributed by atoms with E-state index in [-0.39, 0.29) is 18.6 Å². The summed E-state index contributed by atoms with van der Waals surface area (Å²) in [5.41, 5.74) is -0.847. The number of nitrogens with zero attached hydrogens (tertiary/aromatic N) is 1. The van der Waals surface area contributed by atoms with Crippen LogP contribution in [0, 0.1) is 5.41 Å². The van der Waals surface area contributed by atoms with E-state index in [4.69, 9.17) is 4.42 Å². The van der Waals surface area contributed by atoms with Gasteiger partial charge in [-0.15, -0.1) is 0 Å². The van der Waals surface area contributed by atoms with Crippen molar-refractivity contribution in [3.63, 3.8) is 0 Å². The first-order valence-corrected chi connectivity index (χ1v) is 7.22. The van der Waals surface area contributed by atoms with Gasteiger partial charge < -0.3 is 19.7 Å². The second kappa shape index (κ2) is 6.20. The van der Waals surface area contributed by atoms with Crippen LogP contribution in [0.25, 0.3) is 0 Å². The lowest BCUT2D eigenvalue weighted by molar-refractivity contribution is -0.150. The number of aliphatic carboxylic acids is 1. The first-order chi connectivity index (χ1) is 9.90. The number of carbonyl (C=O) groups excluding carboxylic acids is 1. The van der Waals surface area contributed by atoms with E-state index in [1.54, 1.807) is 18.1 Å². The van der Waals surface area contributed by atoms with Crippen LogP contribution in [0.2, 0.25) is 0 Å². The average molecular weight is 294 g/mol. The SMILES string of the molecule is CC(Cc1ccco1)NC(=O)N1CCCC(C)(C(=O)O)C1. The molecule has 2 atom stereocenters. The fourth-order valence-corrected chi connectivity index (χ4v) is 2.67. The van der Waals surface area contributed by atoms with E-state index < -0.39 is 11.4 Å². The van der Waals surface area contributed by atoms with E-state index >= 15 is 0 Å². The summed E-state index contributed by atoms with van der Waals surface area (Å²) in [6, 6.07) is 3.40. The Bertz CT molecular complexity index is 500. The van der Waals surface area contributed by atoms with Crippen molar-refractivity contribution in [1.82, 2.24) is 10.2 Å². The summed E-state index contributed by atoms with van der Waals surface area (Å²) in [5.74, 6) is -0.0274. The second-order valence-electron chi connectivity index (χ2n) is 6.02. The molecule has 2 N–H and O–H groups in total. The lowest BCUT2D eigenvalue weighted by Gasteiger charge is -2.37. The van der Waals surface area contributed by atoms with Gasteiger partial charge >= 0.3 is 12.0 Å². The number of piperidine rings is 1. The molecule has 21 heavy (non-hydrogen) atoms. The Labute approximate surface area is 124 Å². The smallest absolute Gasteiger partial charge is 0.317 e. The summed E-state index contributed by atoms with van der Waals surface area (Å²) in [6.45, 7) is 4.45. The molecule has 1 aliphatic heterocycles. The maximum absolute atomic E-state index is 12.2. The molecule has 1 aliphatic rings. The maximum atomic E-state index is 12.2. The van der Waals surface area contributed by atoms with Crippen LogP contribution in [-0.2, 0) is 11.2 Å². The van der Waals surface area contributed by atoms with E-state index in [0.29, 0.717) is 25.8 Å². The van der Waals surface area contributed by atoms with E-state index in [9.17, 15) is 14.7 Å². The first kappa shape index (κ1) is 15.4. The van der Waals surface area contributed by atoms with E-state index in [1.165, 1.54) is 0 Å². The fourth-order valence-electron chi connectivity index (χ4n) is 2.67. The van der Waals surface area contributed by atoms with Crippen molar-refractivity contribution in [2.24, 2.45) is 5.41 Å². The van der Waals surface area contributed by atoms with Crippen LogP contribution in [0.1, 0.15) is 32.4 Å². The summed E-state index contributed by atoms with van der Waals surface area (Å²) in [7, 11) is 0. The van der Waals surface area contributed by atoms with E-state index in [1.807, 2.05) is 19.1 Å². The summed E-state index contributed by atoms with van der Waals surface area (Å²) < 4.78 is 5.25. The first-order valence-electron chi connectivity index (χ1n) is 7.22. The lowest BCUT2D eigenvalue weighted by Crippen LogP contribution is -2.53. The molecule has 1 aromatic rings. The number of furan rings is 1. The predicted octanol–water partition coefficient (Wildman–Crippen LogP) is 2.11. The standard InChI is InChI=1S/C15H22N2O4/c1-11(9-12-5-3-8-21-12)16-14(20)17-7-4-6-15(2,10-17)13(18)19/h3,5,8,11H,4,6-7,9-10H2,1-2H3,(H,16,20)(H,18,19). The Kier molecular flexibility index (Phi) is 4.55. The number of amides is 2. The highest BCUT2D eigenvalue weighted by Crippen LogP contribution is 2.29. The van der Waals surface area contributed by atoms with E-state index in [0.717, 1.165) is 5.76 Å². The quantitative estimate of drug-likeness (QED) is 0.891. The van der Waals surface area contributed by atoms with Crippen molar-refractivity contribution in [2.45, 2.75) is 39.2 Å². The molecule has 0 aliphatic carbocycles. The summed E-state index contributed by atoms with van der Waals surface area (Å²) >= 11 is 0. The van der Waals surface area contributed by atoms with Gasteiger partial charge in [0.25, 0.3) is 0 Å². The largest absolute Gasteiger partial charge is 0.481 e. The predicted molar refractivity (Wildman–Crippen MR) is 77.0 cm³/mol. The zero-order chi connectivity index (χ0) is 15.5. The third-order valence-electron chi connectivity index (χ3n) is 3.96. The summed E-state index contributed by atoms with van der Waals surface area (Å²) in [4.78, 5) is 25.1. The Balaban J connectivity index is 1.89. The number of urea groups is 1. The second-order valence-corrected chi connectivity index (χ2v) is 6.02. The van der Waals surface area contributed by atoms with Gasteiger partial charge in [-0.3, -0.25) is 4.79 Å². The molecule has 2 rings (SSSR count). The molecule has 0 saturated carbocycles. The number of carboxylic acids is 1. The molecule has 0 aromatic carbocycles. The number of hydrogen-bond acceptors (Lipinski definition) is 3. The molecule has 6 heteroatoms. The van der Waals surface area contributed by atoms with Crippen molar-refractivity contribution in [2.75, 3.05) is 13.1 Å².